The highest BCUT2D eigenvalue weighted by atomic mass is 15.1. The first kappa shape index (κ1) is 20.3. The highest BCUT2D eigenvalue weighted by molar-refractivity contribution is 5.47. The molecule has 0 aromatic heterocycles. The zero-order valence-electron chi connectivity index (χ0n) is 13.9. The first-order valence-electron chi connectivity index (χ1n) is 7.73. The molecule has 2 heteroatoms. The lowest BCUT2D eigenvalue weighted by atomic mass is 10.1. The van der Waals surface area contributed by atoms with Crippen LogP contribution < -0.4 is 10.6 Å². The van der Waals surface area contributed by atoms with Gasteiger partial charge in [0.2, 0.25) is 0 Å². The van der Waals surface area contributed by atoms with Gasteiger partial charge in [0.05, 0.1) is 0 Å². The van der Waals surface area contributed by atoms with Crippen LogP contribution in [0.5, 0.6) is 0 Å². The Morgan fingerprint density at radius 1 is 0.842 bits per heavy atom. The highest BCUT2D eigenvalue weighted by Crippen LogP contribution is 2.16. The van der Waals surface area contributed by atoms with Gasteiger partial charge in [0, 0.05) is 18.8 Å². The van der Waals surface area contributed by atoms with Gasteiger partial charge >= 0.3 is 0 Å². The average Bonchev–Trinajstić information content (AvgIpc) is 2.51. The number of anilines is 1. The van der Waals surface area contributed by atoms with E-state index in [0.717, 1.165) is 6.42 Å². The summed E-state index contributed by atoms with van der Waals surface area (Å²) in [7, 11) is 1.50. The summed E-state index contributed by atoms with van der Waals surface area (Å²) in [6.07, 6.45) is 3.56. The summed E-state index contributed by atoms with van der Waals surface area (Å²) < 4.78 is 0. The molecule has 0 spiro atoms. The molecule has 0 amide bonds. The molecule has 1 aromatic rings. The fraction of sp³-hybridized carbons (Fsp3) is 0.647. The van der Waals surface area contributed by atoms with Crippen LogP contribution in [-0.2, 0) is 6.42 Å². The Morgan fingerprint density at radius 3 is 1.58 bits per heavy atom. The number of benzene rings is 1. The number of aryl methyl sites for hydroxylation is 1. The molecule has 0 aliphatic rings. The van der Waals surface area contributed by atoms with Crippen molar-refractivity contribution in [1.29, 1.82) is 0 Å². The lowest BCUT2D eigenvalue weighted by molar-refractivity contribution is 0.745. The van der Waals surface area contributed by atoms with Crippen molar-refractivity contribution in [2.24, 2.45) is 5.73 Å². The van der Waals surface area contributed by atoms with Crippen molar-refractivity contribution in [2.45, 2.75) is 53.9 Å². The fourth-order valence-corrected chi connectivity index (χ4v) is 1.85. The van der Waals surface area contributed by atoms with Gasteiger partial charge in [-0.1, -0.05) is 46.8 Å². The Bertz CT molecular complexity index is 261. The highest BCUT2D eigenvalue weighted by Gasteiger charge is 2.03. The standard InChI is InChI=1S/C14H23N.C2H6.CH5N/c1-4-11-15(12-5-2)14-9-7-13(6-3)8-10-14;2*1-2/h7-10H,4-6,11-12H2,1-3H3;1-2H3;2H2,1H3. The molecule has 0 bridgehead atoms. The van der Waals surface area contributed by atoms with Gasteiger partial charge in [-0.2, -0.15) is 0 Å². The molecular formula is C17H34N2. The summed E-state index contributed by atoms with van der Waals surface area (Å²) in [5.74, 6) is 0. The predicted molar refractivity (Wildman–Crippen MR) is 90.1 cm³/mol. The van der Waals surface area contributed by atoms with Crippen molar-refractivity contribution >= 4 is 5.69 Å². The van der Waals surface area contributed by atoms with E-state index in [0.29, 0.717) is 0 Å². The largest absolute Gasteiger partial charge is 0.372 e. The molecule has 0 fully saturated rings. The summed E-state index contributed by atoms with van der Waals surface area (Å²) in [5.41, 5.74) is 7.29. The minimum Gasteiger partial charge on any atom is -0.372 e. The van der Waals surface area contributed by atoms with E-state index in [4.69, 9.17) is 0 Å². The van der Waals surface area contributed by atoms with Gasteiger partial charge in [0.1, 0.15) is 0 Å². The number of rotatable bonds is 6. The van der Waals surface area contributed by atoms with Crippen LogP contribution in [0.1, 0.15) is 53.0 Å². The molecule has 2 N–H and O–H groups in total. The SMILES string of the molecule is CC.CCCN(CCC)c1ccc(CC)cc1.CN. The summed E-state index contributed by atoms with van der Waals surface area (Å²) in [6, 6.07) is 9.00. The Labute approximate surface area is 121 Å². The molecule has 0 unspecified atom stereocenters. The van der Waals surface area contributed by atoms with Crippen LogP contribution in [0.15, 0.2) is 24.3 Å². The summed E-state index contributed by atoms with van der Waals surface area (Å²) in [6.45, 7) is 13.0. The molecule has 2 nitrogen and oxygen atoms in total. The maximum atomic E-state index is 4.50. The van der Waals surface area contributed by atoms with Crippen LogP contribution in [-0.4, -0.2) is 20.1 Å². The lowest BCUT2D eigenvalue weighted by Crippen LogP contribution is -2.24. The van der Waals surface area contributed by atoms with E-state index in [-0.39, 0.29) is 0 Å². The first-order chi connectivity index (χ1) is 9.31. The van der Waals surface area contributed by atoms with Crippen molar-refractivity contribution in [3.63, 3.8) is 0 Å². The van der Waals surface area contributed by atoms with E-state index >= 15 is 0 Å². The molecule has 0 heterocycles. The third kappa shape index (κ3) is 8.66. The Kier molecular flexibility index (Phi) is 16.1. The van der Waals surface area contributed by atoms with Gasteiger partial charge in [-0.05, 0) is 44.0 Å². The molecule has 0 radical (unpaired) electrons. The van der Waals surface area contributed by atoms with Crippen LogP contribution in [0.25, 0.3) is 0 Å². The molecule has 0 aliphatic heterocycles. The average molecular weight is 266 g/mol. The minimum absolute atomic E-state index is 1.13. The van der Waals surface area contributed by atoms with Crippen molar-refractivity contribution in [2.75, 3.05) is 25.0 Å². The van der Waals surface area contributed by atoms with Gasteiger partial charge in [-0.15, -0.1) is 0 Å². The van der Waals surface area contributed by atoms with Crippen molar-refractivity contribution < 1.29 is 0 Å². The van der Waals surface area contributed by atoms with E-state index in [1.54, 1.807) is 0 Å². The van der Waals surface area contributed by atoms with E-state index in [9.17, 15) is 0 Å². The van der Waals surface area contributed by atoms with Gasteiger partial charge < -0.3 is 10.6 Å². The molecule has 19 heavy (non-hydrogen) atoms. The normalized spacial score (nSPS) is 8.79. The summed E-state index contributed by atoms with van der Waals surface area (Å²) in [5, 5.41) is 0. The van der Waals surface area contributed by atoms with Crippen LogP contribution in [0.2, 0.25) is 0 Å². The second-order valence-corrected chi connectivity index (χ2v) is 4.01. The summed E-state index contributed by atoms with van der Waals surface area (Å²) in [4.78, 5) is 2.47. The van der Waals surface area contributed by atoms with Gasteiger partial charge in [-0.25, -0.2) is 0 Å². The third-order valence-electron chi connectivity index (χ3n) is 2.70. The first-order valence-corrected chi connectivity index (χ1v) is 7.73. The number of nitrogens with zero attached hydrogens (tertiary/aromatic N) is 1. The minimum atomic E-state index is 1.13. The van der Waals surface area contributed by atoms with E-state index in [2.05, 4.69) is 55.7 Å². The number of hydrogen-bond acceptors (Lipinski definition) is 2. The fourth-order valence-electron chi connectivity index (χ4n) is 1.85. The smallest absolute Gasteiger partial charge is 0.0366 e. The van der Waals surface area contributed by atoms with Crippen molar-refractivity contribution in [1.82, 2.24) is 0 Å². The van der Waals surface area contributed by atoms with E-state index < -0.39 is 0 Å². The lowest BCUT2D eigenvalue weighted by Gasteiger charge is -2.23. The molecule has 112 valence electrons. The van der Waals surface area contributed by atoms with Crippen molar-refractivity contribution in [3.8, 4) is 0 Å². The van der Waals surface area contributed by atoms with Crippen LogP contribution in [0.3, 0.4) is 0 Å². The molecule has 1 aromatic carbocycles. The monoisotopic (exact) mass is 266 g/mol. The number of nitrogens with two attached hydrogens (primary N) is 1. The predicted octanol–water partition coefficient (Wildman–Crippen LogP) is 4.48. The van der Waals surface area contributed by atoms with Crippen molar-refractivity contribution in [3.05, 3.63) is 29.8 Å². The Hall–Kier alpha value is -1.02. The Morgan fingerprint density at radius 2 is 1.26 bits per heavy atom. The zero-order valence-corrected chi connectivity index (χ0v) is 13.9. The molecule has 0 aliphatic carbocycles. The van der Waals surface area contributed by atoms with Gasteiger partial charge in [0.15, 0.2) is 0 Å². The molecule has 0 saturated heterocycles. The second-order valence-electron chi connectivity index (χ2n) is 4.01. The topological polar surface area (TPSA) is 29.3 Å². The van der Waals surface area contributed by atoms with Crippen LogP contribution in [0.4, 0.5) is 5.69 Å². The zero-order chi connectivity index (χ0) is 15.1. The second kappa shape index (κ2) is 15.0. The number of hydrogen-bond donors (Lipinski definition) is 1. The van der Waals surface area contributed by atoms with Crippen LogP contribution in [0, 0.1) is 0 Å². The maximum absolute atomic E-state index is 4.50. The van der Waals surface area contributed by atoms with E-state index in [1.807, 2.05) is 13.8 Å². The summed E-state index contributed by atoms with van der Waals surface area (Å²) >= 11 is 0. The van der Waals surface area contributed by atoms with Gasteiger partial charge in [0.25, 0.3) is 0 Å². The maximum Gasteiger partial charge on any atom is 0.0366 e. The van der Waals surface area contributed by atoms with Crippen LogP contribution >= 0.6 is 0 Å². The quantitative estimate of drug-likeness (QED) is 0.822. The van der Waals surface area contributed by atoms with E-state index in [1.165, 1.54) is 44.2 Å². The molecule has 1 rings (SSSR count). The molecular weight excluding hydrogens is 232 g/mol. The van der Waals surface area contributed by atoms with Gasteiger partial charge in [-0.3, -0.25) is 0 Å². The molecule has 0 saturated carbocycles. The third-order valence-corrected chi connectivity index (χ3v) is 2.70. The Balaban J connectivity index is 0. The molecule has 0 atom stereocenters.